The van der Waals surface area contributed by atoms with E-state index in [-0.39, 0.29) is 16.7 Å². The monoisotopic (exact) mass is 307 g/mol. The van der Waals surface area contributed by atoms with Crippen molar-refractivity contribution in [2.24, 2.45) is 0 Å². The van der Waals surface area contributed by atoms with E-state index in [1.807, 2.05) is 6.07 Å². The number of hydrogen-bond acceptors (Lipinski definition) is 4. The molecule has 0 amide bonds. The Hall–Kier alpha value is -3.39. The molecule has 23 heavy (non-hydrogen) atoms. The van der Waals surface area contributed by atoms with Crippen LogP contribution in [0.5, 0.6) is 0 Å². The van der Waals surface area contributed by atoms with Crippen molar-refractivity contribution < 1.29 is 19.4 Å². The van der Waals surface area contributed by atoms with Gasteiger partial charge in [0.15, 0.2) is 0 Å². The van der Waals surface area contributed by atoms with Crippen LogP contribution in [0.3, 0.4) is 0 Å². The molecule has 2 aromatic rings. The van der Waals surface area contributed by atoms with Gasteiger partial charge in [-0.3, -0.25) is 0 Å². The van der Waals surface area contributed by atoms with Crippen molar-refractivity contribution in [3.05, 3.63) is 70.8 Å². The number of benzene rings is 2. The van der Waals surface area contributed by atoms with E-state index in [1.165, 1.54) is 19.3 Å². The molecule has 5 nitrogen and oxygen atoms in total. The maximum atomic E-state index is 12.1. The Morgan fingerprint density at radius 2 is 1.70 bits per heavy atom. The van der Waals surface area contributed by atoms with Crippen LogP contribution < -0.4 is 0 Å². The van der Waals surface area contributed by atoms with Crippen molar-refractivity contribution in [2.75, 3.05) is 7.11 Å². The zero-order chi connectivity index (χ0) is 16.8. The van der Waals surface area contributed by atoms with E-state index in [9.17, 15) is 14.7 Å². The summed E-state index contributed by atoms with van der Waals surface area (Å²) in [5.74, 6) is -1.77. The Kier molecular flexibility index (Phi) is 4.90. The fourth-order valence-corrected chi connectivity index (χ4v) is 2.08. The summed E-state index contributed by atoms with van der Waals surface area (Å²) in [5, 5.41) is 18.1. The first-order valence-electron chi connectivity index (χ1n) is 6.69. The highest BCUT2D eigenvalue weighted by Gasteiger charge is 2.19. The predicted octanol–water partition coefficient (Wildman–Crippen LogP) is 2.97. The van der Waals surface area contributed by atoms with Crippen molar-refractivity contribution in [3.8, 4) is 6.07 Å². The lowest BCUT2D eigenvalue weighted by Crippen LogP contribution is -2.09. The van der Waals surface area contributed by atoms with Crippen molar-refractivity contribution in [3.63, 3.8) is 0 Å². The van der Waals surface area contributed by atoms with Gasteiger partial charge in [0.1, 0.15) is 0 Å². The Morgan fingerprint density at radius 3 is 2.22 bits per heavy atom. The van der Waals surface area contributed by atoms with E-state index in [4.69, 9.17) is 10.00 Å². The second-order valence-electron chi connectivity index (χ2n) is 4.63. The molecule has 0 aromatic heterocycles. The fourth-order valence-electron chi connectivity index (χ4n) is 2.08. The van der Waals surface area contributed by atoms with Gasteiger partial charge in [0, 0.05) is 5.56 Å². The van der Waals surface area contributed by atoms with Crippen molar-refractivity contribution in [2.45, 2.75) is 0 Å². The average Bonchev–Trinajstić information content (AvgIpc) is 2.59. The molecule has 0 aliphatic rings. The van der Waals surface area contributed by atoms with E-state index < -0.39 is 11.9 Å². The fraction of sp³-hybridized carbons (Fsp3) is 0.0556. The number of carboxylic acid groups (broad SMARTS) is 1. The molecule has 0 saturated heterocycles. The average molecular weight is 307 g/mol. The van der Waals surface area contributed by atoms with Crippen LogP contribution in [0.25, 0.3) is 11.6 Å². The molecule has 0 saturated carbocycles. The first kappa shape index (κ1) is 16.0. The molecule has 5 heteroatoms. The molecule has 2 aromatic carbocycles. The van der Waals surface area contributed by atoms with E-state index in [2.05, 4.69) is 0 Å². The maximum Gasteiger partial charge on any atom is 0.338 e. The minimum atomic E-state index is -1.13. The Bertz CT molecular complexity index is 814. The summed E-state index contributed by atoms with van der Waals surface area (Å²) in [6.45, 7) is 0. The Morgan fingerprint density at radius 1 is 1.09 bits per heavy atom. The van der Waals surface area contributed by atoms with Gasteiger partial charge in [-0.25, -0.2) is 9.59 Å². The van der Waals surface area contributed by atoms with Gasteiger partial charge in [-0.15, -0.1) is 0 Å². The molecule has 0 unspecified atom stereocenters. The third kappa shape index (κ3) is 3.63. The first-order valence-corrected chi connectivity index (χ1v) is 6.69. The van der Waals surface area contributed by atoms with Gasteiger partial charge in [-0.2, -0.15) is 5.26 Å². The summed E-state index contributed by atoms with van der Waals surface area (Å²) in [4.78, 5) is 23.4. The van der Waals surface area contributed by atoms with Crippen LogP contribution in [0.15, 0.2) is 48.5 Å². The molecule has 0 fully saturated rings. The van der Waals surface area contributed by atoms with Crippen molar-refractivity contribution >= 4 is 23.6 Å². The highest BCUT2D eigenvalue weighted by molar-refractivity contribution is 6.23. The minimum Gasteiger partial charge on any atom is -0.478 e. The van der Waals surface area contributed by atoms with Crippen LogP contribution in [0, 0.1) is 11.3 Å². The molecule has 0 atom stereocenters. The number of nitrogens with zero attached hydrogens (tertiary/aromatic N) is 1. The van der Waals surface area contributed by atoms with Gasteiger partial charge in [0.05, 0.1) is 29.9 Å². The highest BCUT2D eigenvalue weighted by atomic mass is 16.5. The Labute approximate surface area is 133 Å². The molecule has 0 aliphatic carbocycles. The molecule has 2 rings (SSSR count). The number of nitriles is 1. The van der Waals surface area contributed by atoms with Gasteiger partial charge in [0.25, 0.3) is 0 Å². The van der Waals surface area contributed by atoms with E-state index in [1.54, 1.807) is 42.5 Å². The number of carbonyl (C=O) groups excluding carboxylic acids is 1. The number of methoxy groups -OCH3 is 1. The summed E-state index contributed by atoms with van der Waals surface area (Å²) < 4.78 is 4.77. The summed E-state index contributed by atoms with van der Waals surface area (Å²) >= 11 is 0. The van der Waals surface area contributed by atoms with E-state index in [0.29, 0.717) is 11.1 Å². The molecular weight excluding hydrogens is 294 g/mol. The smallest absolute Gasteiger partial charge is 0.338 e. The van der Waals surface area contributed by atoms with Crippen molar-refractivity contribution in [1.29, 1.82) is 5.26 Å². The van der Waals surface area contributed by atoms with Gasteiger partial charge < -0.3 is 9.84 Å². The summed E-state index contributed by atoms with van der Waals surface area (Å²) in [6, 6.07) is 14.8. The number of hydrogen-bond donors (Lipinski definition) is 1. The SMILES string of the molecule is COC(=O)C(=Cc1ccc(C#N)cc1)c1ccccc1C(=O)O. The van der Waals surface area contributed by atoms with Crippen molar-refractivity contribution in [1.82, 2.24) is 0 Å². The normalized spacial score (nSPS) is 10.7. The van der Waals surface area contributed by atoms with Gasteiger partial charge in [-0.1, -0.05) is 30.3 Å². The topological polar surface area (TPSA) is 87.4 Å². The summed E-state index contributed by atoms with van der Waals surface area (Å²) in [5.41, 5.74) is 1.57. The minimum absolute atomic E-state index is 0.0118. The number of aromatic carboxylic acids is 1. The first-order chi connectivity index (χ1) is 11.1. The summed E-state index contributed by atoms with van der Waals surface area (Å²) in [6.07, 6.45) is 1.54. The predicted molar refractivity (Wildman–Crippen MR) is 84.4 cm³/mol. The van der Waals surface area contributed by atoms with E-state index >= 15 is 0 Å². The third-order valence-electron chi connectivity index (χ3n) is 3.20. The molecular formula is C18H13NO4. The zero-order valence-corrected chi connectivity index (χ0v) is 12.3. The lowest BCUT2D eigenvalue weighted by Gasteiger charge is -2.09. The number of carbonyl (C=O) groups is 2. The molecule has 114 valence electrons. The van der Waals surface area contributed by atoms with Crippen LogP contribution in [-0.2, 0) is 9.53 Å². The molecule has 0 bridgehead atoms. The number of ether oxygens (including phenoxy) is 1. The lowest BCUT2D eigenvalue weighted by molar-refractivity contribution is -0.133. The van der Waals surface area contributed by atoms with Crippen LogP contribution in [0.4, 0.5) is 0 Å². The van der Waals surface area contributed by atoms with Gasteiger partial charge >= 0.3 is 11.9 Å². The largest absolute Gasteiger partial charge is 0.478 e. The number of esters is 1. The molecule has 0 aliphatic heterocycles. The maximum absolute atomic E-state index is 12.1. The van der Waals surface area contributed by atoms with E-state index in [0.717, 1.165) is 0 Å². The second kappa shape index (κ2) is 7.05. The van der Waals surface area contributed by atoms with Crippen LogP contribution in [-0.4, -0.2) is 24.2 Å². The standard InChI is InChI=1S/C18H13NO4/c1-23-18(22)16(10-12-6-8-13(11-19)9-7-12)14-4-2-3-5-15(14)17(20)21/h2-10H,1H3,(H,20,21). The summed E-state index contributed by atoms with van der Waals surface area (Å²) in [7, 11) is 1.23. The lowest BCUT2D eigenvalue weighted by atomic mass is 9.97. The molecule has 1 N–H and O–H groups in total. The molecule has 0 heterocycles. The third-order valence-corrected chi connectivity index (χ3v) is 3.20. The zero-order valence-electron chi connectivity index (χ0n) is 12.3. The molecule has 0 spiro atoms. The quantitative estimate of drug-likeness (QED) is 0.533. The van der Waals surface area contributed by atoms with Crippen LogP contribution in [0.2, 0.25) is 0 Å². The second-order valence-corrected chi connectivity index (χ2v) is 4.63. The Balaban J connectivity index is 2.58. The molecule has 0 radical (unpaired) electrons. The van der Waals surface area contributed by atoms with Gasteiger partial charge in [0.2, 0.25) is 0 Å². The highest BCUT2D eigenvalue weighted by Crippen LogP contribution is 2.23. The van der Waals surface area contributed by atoms with Crippen LogP contribution >= 0.6 is 0 Å². The number of carboxylic acids is 1. The van der Waals surface area contributed by atoms with Gasteiger partial charge in [-0.05, 0) is 29.8 Å². The van der Waals surface area contributed by atoms with Crippen LogP contribution in [0.1, 0.15) is 27.0 Å². The number of rotatable bonds is 4.